The number of imidazole rings is 2. The van der Waals surface area contributed by atoms with Crippen LogP contribution in [0.4, 0.5) is 0 Å². The molecule has 2 amide bonds. The van der Waals surface area contributed by atoms with Crippen molar-refractivity contribution in [3.8, 4) is 0 Å². The van der Waals surface area contributed by atoms with Gasteiger partial charge in [-0.05, 0) is 0 Å². The monoisotopic (exact) mass is 332 g/mol. The van der Waals surface area contributed by atoms with Gasteiger partial charge in [0.15, 0.2) is 5.82 Å². The van der Waals surface area contributed by atoms with E-state index in [4.69, 9.17) is 4.74 Å². The lowest BCUT2D eigenvalue weighted by atomic mass is 10.3. The van der Waals surface area contributed by atoms with Gasteiger partial charge >= 0.3 is 0 Å². The molecule has 2 aromatic rings. The quantitative estimate of drug-likeness (QED) is 0.745. The lowest BCUT2D eigenvalue weighted by Gasteiger charge is -2.26. The molecule has 24 heavy (non-hydrogen) atoms. The van der Waals surface area contributed by atoms with E-state index in [2.05, 4.69) is 15.3 Å². The highest BCUT2D eigenvalue weighted by Gasteiger charge is 2.27. The number of methoxy groups -OCH3 is 1. The Bertz CT molecular complexity index is 709. The highest BCUT2D eigenvalue weighted by Crippen LogP contribution is 2.13. The van der Waals surface area contributed by atoms with Crippen molar-refractivity contribution < 1.29 is 14.3 Å². The zero-order valence-electron chi connectivity index (χ0n) is 13.5. The minimum atomic E-state index is -0.284. The Hall–Kier alpha value is -2.68. The first-order valence-electron chi connectivity index (χ1n) is 7.78. The number of amides is 2. The molecule has 1 aliphatic heterocycles. The van der Waals surface area contributed by atoms with Crippen LogP contribution >= 0.6 is 0 Å². The van der Waals surface area contributed by atoms with Crippen molar-refractivity contribution in [2.75, 3.05) is 33.4 Å². The van der Waals surface area contributed by atoms with E-state index in [1.807, 2.05) is 10.8 Å². The minimum absolute atomic E-state index is 0.171. The molecule has 0 bridgehead atoms. The first-order valence-corrected chi connectivity index (χ1v) is 7.78. The third-order valence-electron chi connectivity index (χ3n) is 3.88. The van der Waals surface area contributed by atoms with Crippen molar-refractivity contribution in [2.45, 2.75) is 13.1 Å². The van der Waals surface area contributed by atoms with Crippen LogP contribution in [0.3, 0.4) is 0 Å². The molecule has 0 saturated heterocycles. The number of hydrogen-bond donors (Lipinski definition) is 1. The molecule has 0 aromatic carbocycles. The molecule has 9 nitrogen and oxygen atoms in total. The van der Waals surface area contributed by atoms with Gasteiger partial charge in [0.1, 0.15) is 5.69 Å². The normalized spacial score (nSPS) is 13.9. The summed E-state index contributed by atoms with van der Waals surface area (Å²) in [6.45, 7) is 3.31. The number of hydrogen-bond acceptors (Lipinski definition) is 5. The number of aromatic nitrogens is 4. The molecule has 2 aromatic heterocycles. The lowest BCUT2D eigenvalue weighted by molar-refractivity contribution is 0.0633. The number of nitrogens with zero attached hydrogens (tertiary/aromatic N) is 5. The summed E-state index contributed by atoms with van der Waals surface area (Å²) in [4.78, 5) is 34.4. The van der Waals surface area contributed by atoms with Crippen LogP contribution in [0.2, 0.25) is 0 Å². The van der Waals surface area contributed by atoms with Gasteiger partial charge in [0, 0.05) is 58.4 Å². The number of fused-ring (bicyclic) bond motifs is 1. The highest BCUT2D eigenvalue weighted by molar-refractivity contribution is 5.96. The molecule has 0 aliphatic carbocycles. The largest absolute Gasteiger partial charge is 0.383 e. The Kier molecular flexibility index (Phi) is 4.90. The average Bonchev–Trinajstić information content (AvgIpc) is 3.24. The van der Waals surface area contributed by atoms with Crippen LogP contribution in [-0.2, 0) is 17.8 Å². The van der Waals surface area contributed by atoms with E-state index >= 15 is 0 Å². The van der Waals surface area contributed by atoms with E-state index in [0.717, 1.165) is 0 Å². The van der Waals surface area contributed by atoms with Gasteiger partial charge in [-0.25, -0.2) is 9.97 Å². The summed E-state index contributed by atoms with van der Waals surface area (Å²) in [5.74, 6) is -0.152. The molecule has 0 spiro atoms. The van der Waals surface area contributed by atoms with Gasteiger partial charge in [-0.1, -0.05) is 0 Å². The fourth-order valence-electron chi connectivity index (χ4n) is 2.56. The van der Waals surface area contributed by atoms with Gasteiger partial charge in [0.25, 0.3) is 11.8 Å². The molecule has 0 atom stereocenters. The van der Waals surface area contributed by atoms with Crippen molar-refractivity contribution >= 4 is 11.8 Å². The van der Waals surface area contributed by atoms with Crippen molar-refractivity contribution in [2.24, 2.45) is 0 Å². The Balaban J connectivity index is 1.60. The van der Waals surface area contributed by atoms with Crippen LogP contribution in [0.1, 0.15) is 21.1 Å². The Morgan fingerprint density at radius 2 is 2.25 bits per heavy atom. The number of ether oxygens (including phenoxy) is 1. The third kappa shape index (κ3) is 3.46. The molecule has 3 heterocycles. The summed E-state index contributed by atoms with van der Waals surface area (Å²) >= 11 is 0. The second-order valence-electron chi connectivity index (χ2n) is 5.48. The second-order valence-corrected chi connectivity index (χ2v) is 5.48. The van der Waals surface area contributed by atoms with E-state index in [-0.39, 0.29) is 17.5 Å². The molecule has 0 fully saturated rings. The number of nitrogens with one attached hydrogen (secondary N) is 1. The Morgan fingerprint density at radius 1 is 1.38 bits per heavy atom. The molecule has 0 unspecified atom stereocenters. The average molecular weight is 332 g/mol. The summed E-state index contributed by atoms with van der Waals surface area (Å²) in [7, 11) is 1.60. The van der Waals surface area contributed by atoms with Gasteiger partial charge in [-0.15, -0.1) is 0 Å². The van der Waals surface area contributed by atoms with Crippen molar-refractivity contribution in [3.05, 3.63) is 36.4 Å². The maximum Gasteiger partial charge on any atom is 0.290 e. The third-order valence-corrected chi connectivity index (χ3v) is 3.88. The molecule has 1 aliphatic rings. The van der Waals surface area contributed by atoms with Crippen molar-refractivity contribution in [3.63, 3.8) is 0 Å². The summed E-state index contributed by atoms with van der Waals surface area (Å²) in [5.41, 5.74) is 0.262. The fraction of sp³-hybridized carbons (Fsp3) is 0.467. The van der Waals surface area contributed by atoms with E-state index in [1.165, 1.54) is 0 Å². The molecular weight excluding hydrogens is 312 g/mol. The predicted molar refractivity (Wildman–Crippen MR) is 84.6 cm³/mol. The first kappa shape index (κ1) is 16.2. The zero-order chi connectivity index (χ0) is 16.9. The van der Waals surface area contributed by atoms with Gasteiger partial charge in [-0.2, -0.15) is 0 Å². The summed E-state index contributed by atoms with van der Waals surface area (Å²) in [6.07, 6.45) is 6.84. The number of carbonyl (C=O) groups is 2. The van der Waals surface area contributed by atoms with E-state index in [0.29, 0.717) is 45.2 Å². The summed E-state index contributed by atoms with van der Waals surface area (Å²) < 4.78 is 8.61. The summed E-state index contributed by atoms with van der Waals surface area (Å²) in [5, 5.41) is 2.80. The lowest BCUT2D eigenvalue weighted by Crippen LogP contribution is -2.42. The van der Waals surface area contributed by atoms with Gasteiger partial charge in [0.2, 0.25) is 0 Å². The topological polar surface area (TPSA) is 94.3 Å². The predicted octanol–water partition coefficient (Wildman–Crippen LogP) is -0.388. The van der Waals surface area contributed by atoms with Gasteiger partial charge < -0.3 is 24.1 Å². The van der Waals surface area contributed by atoms with Crippen molar-refractivity contribution in [1.82, 2.24) is 29.3 Å². The minimum Gasteiger partial charge on any atom is -0.383 e. The van der Waals surface area contributed by atoms with Crippen LogP contribution in [0.5, 0.6) is 0 Å². The van der Waals surface area contributed by atoms with Crippen molar-refractivity contribution in [1.29, 1.82) is 0 Å². The first-order chi connectivity index (χ1) is 11.7. The fourth-order valence-corrected chi connectivity index (χ4v) is 2.56. The van der Waals surface area contributed by atoms with Gasteiger partial charge in [0.05, 0.1) is 12.9 Å². The molecular formula is C15H20N6O3. The standard InChI is InChI=1S/C15H20N6O3/c1-24-9-8-20-6-7-21-10-12(18-13(21)15(20)23)14(22)17-3-5-19-4-2-16-11-19/h2,4,10-11H,3,5-9H2,1H3,(H,17,22). The maximum absolute atomic E-state index is 12.4. The molecule has 0 radical (unpaired) electrons. The highest BCUT2D eigenvalue weighted by atomic mass is 16.5. The van der Waals surface area contributed by atoms with Crippen LogP contribution in [0.15, 0.2) is 24.9 Å². The Labute approximate surface area is 139 Å². The molecule has 1 N–H and O–H groups in total. The molecule has 3 rings (SSSR count). The molecule has 128 valence electrons. The van der Waals surface area contributed by atoms with Crippen LogP contribution in [-0.4, -0.2) is 69.2 Å². The van der Waals surface area contributed by atoms with E-state index < -0.39 is 0 Å². The smallest absolute Gasteiger partial charge is 0.290 e. The van der Waals surface area contributed by atoms with Gasteiger partial charge in [-0.3, -0.25) is 9.59 Å². The zero-order valence-corrected chi connectivity index (χ0v) is 13.5. The molecule has 0 saturated carbocycles. The maximum atomic E-state index is 12.4. The van der Waals surface area contributed by atoms with Crippen LogP contribution < -0.4 is 5.32 Å². The molecule has 9 heteroatoms. The van der Waals surface area contributed by atoms with Crippen LogP contribution in [0, 0.1) is 0 Å². The second kappa shape index (κ2) is 7.26. The number of rotatable bonds is 7. The van der Waals surface area contributed by atoms with Crippen LogP contribution in [0.25, 0.3) is 0 Å². The Morgan fingerprint density at radius 3 is 3.00 bits per heavy atom. The number of carbonyl (C=O) groups excluding carboxylic acids is 2. The van der Waals surface area contributed by atoms with E-state index in [9.17, 15) is 9.59 Å². The van der Waals surface area contributed by atoms with E-state index in [1.54, 1.807) is 35.3 Å². The SMILES string of the molecule is COCCN1CCn2cc(C(=O)NCCn3ccnc3)nc2C1=O. The summed E-state index contributed by atoms with van der Waals surface area (Å²) in [6, 6.07) is 0.